The molecule has 0 aliphatic heterocycles. The first-order valence-electron chi connectivity index (χ1n) is 5.55. The number of hydrogen-bond acceptors (Lipinski definition) is 1. The normalized spacial score (nSPS) is 18.7. The lowest BCUT2D eigenvalue weighted by Gasteiger charge is -2.20. The van der Waals surface area contributed by atoms with E-state index in [-0.39, 0.29) is 0 Å². The summed E-state index contributed by atoms with van der Waals surface area (Å²) in [5, 5.41) is 0. The van der Waals surface area contributed by atoms with Gasteiger partial charge in [0.2, 0.25) is 0 Å². The lowest BCUT2D eigenvalue weighted by molar-refractivity contribution is 0.435. The molecule has 0 amide bonds. The fourth-order valence-corrected chi connectivity index (χ4v) is 2.80. The van der Waals surface area contributed by atoms with Crippen LogP contribution in [-0.2, 0) is 6.42 Å². The standard InChI is InChI=1S/C11H17BrN2/c1-2-9-10(14-11(12)13-9)8-6-4-3-5-7-8/h8H,2-7H2,1H3,(H,13,14). The molecule has 1 aliphatic rings. The average Bonchev–Trinajstić information content (AvgIpc) is 2.61. The second-order valence-electron chi connectivity index (χ2n) is 4.08. The van der Waals surface area contributed by atoms with Crippen LogP contribution < -0.4 is 0 Å². The number of halogens is 1. The highest BCUT2D eigenvalue weighted by atomic mass is 79.9. The summed E-state index contributed by atoms with van der Waals surface area (Å²) in [4.78, 5) is 7.86. The zero-order valence-electron chi connectivity index (χ0n) is 8.65. The molecule has 1 aromatic rings. The maximum Gasteiger partial charge on any atom is 0.174 e. The molecular weight excluding hydrogens is 240 g/mol. The molecule has 2 nitrogen and oxygen atoms in total. The van der Waals surface area contributed by atoms with Gasteiger partial charge in [0.25, 0.3) is 0 Å². The fraction of sp³-hybridized carbons (Fsp3) is 0.727. The molecule has 1 heterocycles. The first kappa shape index (κ1) is 10.2. The Labute approximate surface area is 93.6 Å². The summed E-state index contributed by atoms with van der Waals surface area (Å²) in [6, 6.07) is 0. The number of rotatable bonds is 2. The van der Waals surface area contributed by atoms with Gasteiger partial charge in [-0.05, 0) is 35.2 Å². The molecule has 0 spiro atoms. The van der Waals surface area contributed by atoms with Crippen molar-refractivity contribution < 1.29 is 0 Å². The molecular formula is C11H17BrN2. The predicted molar refractivity (Wildman–Crippen MR) is 61.5 cm³/mol. The molecule has 0 radical (unpaired) electrons. The van der Waals surface area contributed by atoms with Gasteiger partial charge in [0, 0.05) is 11.6 Å². The van der Waals surface area contributed by atoms with Gasteiger partial charge in [-0.1, -0.05) is 26.2 Å². The lowest BCUT2D eigenvalue weighted by Crippen LogP contribution is -2.07. The van der Waals surface area contributed by atoms with Gasteiger partial charge in [-0.2, -0.15) is 0 Å². The summed E-state index contributed by atoms with van der Waals surface area (Å²) in [5.74, 6) is 0.709. The van der Waals surface area contributed by atoms with Gasteiger partial charge in [-0.3, -0.25) is 0 Å². The van der Waals surface area contributed by atoms with Crippen molar-refractivity contribution in [2.75, 3.05) is 0 Å². The Morgan fingerprint density at radius 3 is 2.71 bits per heavy atom. The topological polar surface area (TPSA) is 28.7 Å². The van der Waals surface area contributed by atoms with Crippen LogP contribution in [0.1, 0.15) is 56.3 Å². The Hall–Kier alpha value is -0.310. The van der Waals surface area contributed by atoms with Crippen molar-refractivity contribution in [3.8, 4) is 0 Å². The number of nitrogens with one attached hydrogen (secondary N) is 1. The SMILES string of the molecule is CCc1[nH]c(Br)nc1C1CCCCC1. The monoisotopic (exact) mass is 256 g/mol. The lowest BCUT2D eigenvalue weighted by atomic mass is 9.86. The average molecular weight is 257 g/mol. The summed E-state index contributed by atoms with van der Waals surface area (Å²) in [5.41, 5.74) is 2.64. The first-order valence-corrected chi connectivity index (χ1v) is 6.35. The number of aromatic amines is 1. The molecule has 1 N–H and O–H groups in total. The van der Waals surface area contributed by atoms with Gasteiger partial charge < -0.3 is 4.98 Å². The molecule has 0 bridgehead atoms. The van der Waals surface area contributed by atoms with Gasteiger partial charge in [-0.15, -0.1) is 0 Å². The van der Waals surface area contributed by atoms with Crippen LogP contribution in [0.25, 0.3) is 0 Å². The molecule has 0 saturated heterocycles. The van der Waals surface area contributed by atoms with E-state index >= 15 is 0 Å². The maximum atomic E-state index is 4.57. The van der Waals surface area contributed by atoms with Crippen LogP contribution in [0.5, 0.6) is 0 Å². The summed E-state index contributed by atoms with van der Waals surface area (Å²) >= 11 is 3.42. The Bertz CT molecular complexity index is 300. The number of hydrogen-bond donors (Lipinski definition) is 1. The quantitative estimate of drug-likeness (QED) is 0.858. The van der Waals surface area contributed by atoms with E-state index in [1.54, 1.807) is 0 Å². The third kappa shape index (κ3) is 2.02. The van der Waals surface area contributed by atoms with E-state index in [0.717, 1.165) is 11.2 Å². The van der Waals surface area contributed by atoms with Crippen LogP contribution in [0.3, 0.4) is 0 Å². The van der Waals surface area contributed by atoms with Gasteiger partial charge in [0.05, 0.1) is 5.69 Å². The van der Waals surface area contributed by atoms with Crippen molar-refractivity contribution in [2.24, 2.45) is 0 Å². The van der Waals surface area contributed by atoms with Crippen molar-refractivity contribution in [3.63, 3.8) is 0 Å². The molecule has 1 aromatic heterocycles. The van der Waals surface area contributed by atoms with Gasteiger partial charge in [0.1, 0.15) is 0 Å². The molecule has 1 fully saturated rings. The van der Waals surface area contributed by atoms with E-state index < -0.39 is 0 Å². The number of H-pyrrole nitrogens is 1. The minimum atomic E-state index is 0.709. The Morgan fingerprint density at radius 2 is 2.07 bits per heavy atom. The smallest absolute Gasteiger partial charge is 0.174 e. The molecule has 2 rings (SSSR count). The van der Waals surface area contributed by atoms with Gasteiger partial charge >= 0.3 is 0 Å². The van der Waals surface area contributed by atoms with Crippen LogP contribution in [0.15, 0.2) is 4.73 Å². The van der Waals surface area contributed by atoms with E-state index in [2.05, 4.69) is 32.8 Å². The third-order valence-corrected chi connectivity index (χ3v) is 3.50. The number of aryl methyl sites for hydroxylation is 1. The van der Waals surface area contributed by atoms with Crippen molar-refractivity contribution in [1.29, 1.82) is 0 Å². The maximum absolute atomic E-state index is 4.57. The van der Waals surface area contributed by atoms with Crippen molar-refractivity contribution >= 4 is 15.9 Å². The van der Waals surface area contributed by atoms with Gasteiger partial charge in [0.15, 0.2) is 4.73 Å². The van der Waals surface area contributed by atoms with E-state index in [9.17, 15) is 0 Å². The van der Waals surface area contributed by atoms with E-state index in [4.69, 9.17) is 0 Å². The Kier molecular flexibility index (Phi) is 3.26. The number of imidazole rings is 1. The predicted octanol–water partition coefficient (Wildman–Crippen LogP) is 3.78. The summed E-state index contributed by atoms with van der Waals surface area (Å²) < 4.78 is 0.898. The van der Waals surface area contributed by atoms with Crippen molar-refractivity contribution in [2.45, 2.75) is 51.4 Å². The molecule has 1 saturated carbocycles. The highest BCUT2D eigenvalue weighted by Gasteiger charge is 2.20. The molecule has 14 heavy (non-hydrogen) atoms. The van der Waals surface area contributed by atoms with Crippen LogP contribution in [0.2, 0.25) is 0 Å². The highest BCUT2D eigenvalue weighted by Crippen LogP contribution is 2.33. The zero-order valence-corrected chi connectivity index (χ0v) is 10.2. The molecule has 0 aromatic carbocycles. The van der Waals surface area contributed by atoms with E-state index in [0.29, 0.717) is 5.92 Å². The van der Waals surface area contributed by atoms with Crippen molar-refractivity contribution in [1.82, 2.24) is 9.97 Å². The summed E-state index contributed by atoms with van der Waals surface area (Å²) in [6.45, 7) is 2.19. The zero-order chi connectivity index (χ0) is 9.97. The fourth-order valence-electron chi connectivity index (χ4n) is 2.37. The van der Waals surface area contributed by atoms with E-state index in [1.807, 2.05) is 0 Å². The Morgan fingerprint density at radius 1 is 1.36 bits per heavy atom. The molecule has 0 atom stereocenters. The second kappa shape index (κ2) is 4.47. The third-order valence-electron chi connectivity index (χ3n) is 3.13. The van der Waals surface area contributed by atoms with Crippen LogP contribution in [0, 0.1) is 0 Å². The van der Waals surface area contributed by atoms with Crippen LogP contribution in [-0.4, -0.2) is 9.97 Å². The number of nitrogens with zero attached hydrogens (tertiary/aromatic N) is 1. The minimum Gasteiger partial charge on any atom is -0.336 e. The van der Waals surface area contributed by atoms with E-state index in [1.165, 1.54) is 43.5 Å². The summed E-state index contributed by atoms with van der Waals surface area (Å²) in [7, 11) is 0. The Balaban J connectivity index is 2.20. The second-order valence-corrected chi connectivity index (χ2v) is 4.83. The first-order chi connectivity index (χ1) is 6.81. The van der Waals surface area contributed by atoms with Gasteiger partial charge in [-0.25, -0.2) is 4.98 Å². The molecule has 1 aliphatic carbocycles. The highest BCUT2D eigenvalue weighted by molar-refractivity contribution is 9.10. The summed E-state index contributed by atoms with van der Waals surface area (Å²) in [6.07, 6.45) is 7.86. The van der Waals surface area contributed by atoms with Crippen LogP contribution in [0.4, 0.5) is 0 Å². The molecule has 78 valence electrons. The largest absolute Gasteiger partial charge is 0.336 e. The molecule has 3 heteroatoms. The number of aromatic nitrogens is 2. The van der Waals surface area contributed by atoms with Crippen molar-refractivity contribution in [3.05, 3.63) is 16.1 Å². The van der Waals surface area contributed by atoms with Crippen LogP contribution >= 0.6 is 15.9 Å². The minimum absolute atomic E-state index is 0.709. The molecule has 0 unspecified atom stereocenters.